The molecule has 0 saturated heterocycles. The van der Waals surface area contributed by atoms with Gasteiger partial charge in [-0.1, -0.05) is 0 Å². The molecule has 1 aromatic heterocycles. The van der Waals surface area contributed by atoms with Gasteiger partial charge in [-0.25, -0.2) is 0 Å². The van der Waals surface area contributed by atoms with Crippen LogP contribution in [0.5, 0.6) is 0 Å². The molecule has 7 N–H and O–H groups in total. The van der Waals surface area contributed by atoms with E-state index in [1.54, 1.807) is 0 Å². The molecular weight excluding hydrogens is 279 g/mol. The molecule has 0 spiro atoms. The van der Waals surface area contributed by atoms with Crippen molar-refractivity contribution in [2.45, 2.75) is 4.90 Å². The smallest absolute Gasteiger partial charge is 0.294 e. The summed E-state index contributed by atoms with van der Waals surface area (Å²) in [5.74, 6) is 0. The molecule has 91 valence electrons. The Bertz CT molecular complexity index is 648. The molecule has 10 heteroatoms. The summed E-state index contributed by atoms with van der Waals surface area (Å²) in [4.78, 5) is 5.42. The number of aromatic amines is 2. The molecule has 0 fully saturated rings. The van der Waals surface area contributed by atoms with Crippen LogP contribution < -0.4 is 0 Å². The van der Waals surface area contributed by atoms with Crippen LogP contribution in [0, 0.1) is 4.77 Å². The number of imidazole rings is 1. The molecular formula is C7H10N2NaO5S2. The molecule has 0 aliphatic carbocycles. The van der Waals surface area contributed by atoms with Gasteiger partial charge in [-0.2, -0.15) is 8.42 Å². The Morgan fingerprint density at radius 1 is 1.12 bits per heavy atom. The number of rotatable bonds is 1. The first-order valence-corrected chi connectivity index (χ1v) is 5.51. The second-order valence-electron chi connectivity index (χ2n) is 2.76. The van der Waals surface area contributed by atoms with E-state index < -0.39 is 10.1 Å². The molecule has 2 aromatic rings. The maximum atomic E-state index is 10.8. The van der Waals surface area contributed by atoms with Gasteiger partial charge in [0.05, 0.1) is 15.9 Å². The van der Waals surface area contributed by atoms with Gasteiger partial charge in [0.15, 0.2) is 4.77 Å². The standard InChI is InChI=1S/C7H6N2O3S2.Na.2H2O/c10-14(11,12)4-1-2-5-6(3-4)9-7(13)8-5;;;/h1-3H,(H2,8,9,13)(H,10,11,12);;2*1H2. The van der Waals surface area contributed by atoms with E-state index in [9.17, 15) is 8.42 Å². The van der Waals surface area contributed by atoms with E-state index in [2.05, 4.69) is 9.97 Å². The van der Waals surface area contributed by atoms with Gasteiger partial charge in [0.1, 0.15) is 0 Å². The second-order valence-corrected chi connectivity index (χ2v) is 4.59. The van der Waals surface area contributed by atoms with E-state index in [1.807, 2.05) is 0 Å². The fourth-order valence-electron chi connectivity index (χ4n) is 1.17. The summed E-state index contributed by atoms with van der Waals surface area (Å²) >= 11 is 4.83. The first-order valence-electron chi connectivity index (χ1n) is 3.66. The van der Waals surface area contributed by atoms with E-state index in [-0.39, 0.29) is 45.4 Å². The molecule has 1 aromatic carbocycles. The van der Waals surface area contributed by atoms with Crippen LogP contribution in [0.2, 0.25) is 0 Å². The van der Waals surface area contributed by atoms with Crippen molar-refractivity contribution in [3.8, 4) is 0 Å². The summed E-state index contributed by atoms with van der Waals surface area (Å²) in [5, 5.41) is 0. The topological polar surface area (TPSA) is 149 Å². The van der Waals surface area contributed by atoms with Gasteiger partial charge < -0.3 is 20.9 Å². The first kappa shape index (κ1) is 19.1. The van der Waals surface area contributed by atoms with E-state index in [1.165, 1.54) is 18.2 Å². The van der Waals surface area contributed by atoms with Gasteiger partial charge >= 0.3 is 0 Å². The Morgan fingerprint density at radius 2 is 1.65 bits per heavy atom. The molecule has 0 saturated carbocycles. The molecule has 7 nitrogen and oxygen atoms in total. The fourth-order valence-corrected chi connectivity index (χ4v) is 1.90. The third-order valence-corrected chi connectivity index (χ3v) is 2.84. The SMILES string of the molecule is O.O.O=S(=O)(O)c1ccc2[nH]c(=S)[nH]c2c1.[Na]. The monoisotopic (exact) mass is 289 g/mol. The number of aromatic nitrogens is 2. The number of hydrogen-bond acceptors (Lipinski definition) is 3. The van der Waals surface area contributed by atoms with Crippen LogP contribution in [0.4, 0.5) is 0 Å². The molecule has 0 aliphatic rings. The van der Waals surface area contributed by atoms with Crippen molar-refractivity contribution in [2.24, 2.45) is 0 Å². The van der Waals surface area contributed by atoms with Crippen molar-refractivity contribution >= 4 is 62.9 Å². The number of benzene rings is 1. The van der Waals surface area contributed by atoms with Gasteiger partial charge in [-0.15, -0.1) is 0 Å². The van der Waals surface area contributed by atoms with Crippen LogP contribution in [-0.4, -0.2) is 63.4 Å². The minimum atomic E-state index is -4.15. The van der Waals surface area contributed by atoms with Crippen molar-refractivity contribution in [3.63, 3.8) is 0 Å². The van der Waals surface area contributed by atoms with Gasteiger partial charge in [-0.3, -0.25) is 4.55 Å². The Morgan fingerprint density at radius 3 is 2.18 bits per heavy atom. The molecule has 0 atom stereocenters. The zero-order valence-corrected chi connectivity index (χ0v) is 12.4. The quantitative estimate of drug-likeness (QED) is 0.366. The van der Waals surface area contributed by atoms with Gasteiger partial charge in [0.25, 0.3) is 10.1 Å². The fraction of sp³-hybridized carbons (Fsp3) is 0. The molecule has 1 heterocycles. The molecule has 0 amide bonds. The van der Waals surface area contributed by atoms with E-state index in [0.29, 0.717) is 15.8 Å². The zero-order chi connectivity index (χ0) is 10.3. The van der Waals surface area contributed by atoms with E-state index in [4.69, 9.17) is 16.8 Å². The molecule has 1 radical (unpaired) electrons. The Hall–Kier alpha value is -0.260. The summed E-state index contributed by atoms with van der Waals surface area (Å²) in [5.41, 5.74) is 1.24. The number of H-pyrrole nitrogens is 2. The molecule has 17 heavy (non-hydrogen) atoms. The predicted octanol–water partition coefficient (Wildman–Crippen LogP) is -0.558. The number of nitrogens with one attached hydrogen (secondary N) is 2. The second kappa shape index (κ2) is 6.61. The molecule has 0 unspecified atom stereocenters. The van der Waals surface area contributed by atoms with Crippen LogP contribution in [0.1, 0.15) is 0 Å². The van der Waals surface area contributed by atoms with Crippen molar-refractivity contribution in [3.05, 3.63) is 23.0 Å². The number of fused-ring (bicyclic) bond motifs is 1. The van der Waals surface area contributed by atoms with Crippen LogP contribution >= 0.6 is 12.2 Å². The first-order chi connectivity index (χ1) is 6.47. The average molecular weight is 289 g/mol. The molecule has 2 rings (SSSR count). The zero-order valence-electron chi connectivity index (χ0n) is 8.81. The minimum absolute atomic E-state index is 0. The van der Waals surface area contributed by atoms with Crippen LogP contribution in [0.25, 0.3) is 11.0 Å². The predicted molar refractivity (Wildman–Crippen MR) is 66.3 cm³/mol. The third-order valence-electron chi connectivity index (χ3n) is 1.79. The Kier molecular flexibility index (Phi) is 7.43. The Balaban J connectivity index is 0. The third kappa shape index (κ3) is 4.16. The maximum Gasteiger partial charge on any atom is 0.294 e. The van der Waals surface area contributed by atoms with Crippen LogP contribution in [0.15, 0.2) is 23.1 Å². The summed E-state index contributed by atoms with van der Waals surface area (Å²) in [6, 6.07) is 4.15. The van der Waals surface area contributed by atoms with Crippen LogP contribution in [0.3, 0.4) is 0 Å². The van der Waals surface area contributed by atoms with E-state index >= 15 is 0 Å². The minimum Gasteiger partial charge on any atom is -0.412 e. The van der Waals surface area contributed by atoms with Gasteiger partial charge in [0.2, 0.25) is 0 Å². The summed E-state index contributed by atoms with van der Waals surface area (Å²) in [6.45, 7) is 0. The summed E-state index contributed by atoms with van der Waals surface area (Å²) in [6.07, 6.45) is 0. The van der Waals surface area contributed by atoms with E-state index in [0.717, 1.165) is 0 Å². The largest absolute Gasteiger partial charge is 0.412 e. The van der Waals surface area contributed by atoms with Crippen LogP contribution in [-0.2, 0) is 10.1 Å². The Labute approximate surface area is 124 Å². The molecule has 0 aliphatic heterocycles. The van der Waals surface area contributed by atoms with Crippen molar-refractivity contribution in [1.29, 1.82) is 0 Å². The average Bonchev–Trinajstić information content (AvgIpc) is 2.41. The van der Waals surface area contributed by atoms with Gasteiger partial charge in [-0.05, 0) is 30.4 Å². The van der Waals surface area contributed by atoms with Crippen molar-refractivity contribution in [2.75, 3.05) is 0 Å². The normalized spacial score (nSPS) is 9.94. The summed E-state index contributed by atoms with van der Waals surface area (Å²) in [7, 11) is -4.15. The van der Waals surface area contributed by atoms with Crippen molar-refractivity contribution < 1.29 is 23.9 Å². The molecule has 0 bridgehead atoms. The number of hydrogen-bond donors (Lipinski definition) is 3. The maximum absolute atomic E-state index is 10.8. The van der Waals surface area contributed by atoms with Gasteiger partial charge in [0, 0.05) is 29.6 Å². The summed E-state index contributed by atoms with van der Waals surface area (Å²) < 4.78 is 30.8. The van der Waals surface area contributed by atoms with Crippen molar-refractivity contribution in [1.82, 2.24) is 9.97 Å².